The van der Waals surface area contributed by atoms with Crippen molar-refractivity contribution in [1.29, 1.82) is 0 Å². The van der Waals surface area contributed by atoms with Crippen molar-refractivity contribution in [3.8, 4) is 11.5 Å². The molecule has 0 aromatic heterocycles. The van der Waals surface area contributed by atoms with Crippen LogP contribution >= 0.6 is 23.2 Å². The van der Waals surface area contributed by atoms with Gasteiger partial charge in [0, 0.05) is 5.69 Å². The van der Waals surface area contributed by atoms with Crippen LogP contribution in [0.3, 0.4) is 0 Å². The van der Waals surface area contributed by atoms with Gasteiger partial charge in [-0.2, -0.15) is 8.78 Å². The Kier molecular flexibility index (Phi) is 3.38. The van der Waals surface area contributed by atoms with Crippen LogP contribution in [0.1, 0.15) is 5.56 Å². The number of carbonyl (C=O) groups excluding carboxylic acids is 1. The highest BCUT2D eigenvalue weighted by molar-refractivity contribution is 6.37. The number of nitrogens with one attached hydrogen (secondary N) is 1. The van der Waals surface area contributed by atoms with Crippen molar-refractivity contribution in [2.45, 2.75) is 5.92 Å². The van der Waals surface area contributed by atoms with E-state index in [9.17, 15) is 13.6 Å². The van der Waals surface area contributed by atoms with E-state index in [0.717, 1.165) is 6.07 Å². The molecule has 0 atom stereocenters. The number of fused-ring (bicyclic) bond motifs is 1. The quantitative estimate of drug-likeness (QED) is 0.793. The first kappa shape index (κ1) is 14.9. The molecule has 0 saturated carbocycles. The van der Waals surface area contributed by atoms with E-state index in [1.807, 2.05) is 0 Å². The van der Waals surface area contributed by atoms with E-state index in [4.69, 9.17) is 33.7 Å². The predicted molar refractivity (Wildman–Crippen MR) is 79.9 cm³/mol. The predicted octanol–water partition coefficient (Wildman–Crippen LogP) is 4.41. The highest BCUT2D eigenvalue weighted by atomic mass is 35.5. The topological polar surface area (TPSA) is 64.3 Å². The summed E-state index contributed by atoms with van der Waals surface area (Å²) in [7, 11) is 0. The molecule has 1 aliphatic heterocycles. The SMILES string of the molecule is Nc1cc(Cl)c(Oc2ccc3c(c2)C(F)(F)C(=O)N3)c(Cl)c1. The number of nitrogens with two attached hydrogens (primary N) is 1. The lowest BCUT2D eigenvalue weighted by atomic mass is 10.1. The number of rotatable bonds is 2. The van der Waals surface area contributed by atoms with E-state index in [1.54, 1.807) is 0 Å². The Morgan fingerprint density at radius 3 is 2.41 bits per heavy atom. The third-order valence-corrected chi connectivity index (χ3v) is 3.66. The largest absolute Gasteiger partial charge is 0.454 e. The fraction of sp³-hybridized carbons (Fsp3) is 0.0714. The first-order valence-corrected chi connectivity index (χ1v) is 6.81. The van der Waals surface area contributed by atoms with Crippen LogP contribution in [-0.4, -0.2) is 5.91 Å². The second-order valence-electron chi connectivity index (χ2n) is 4.65. The number of benzene rings is 2. The number of ether oxygens (including phenoxy) is 1. The molecule has 22 heavy (non-hydrogen) atoms. The zero-order chi connectivity index (χ0) is 16.1. The van der Waals surface area contributed by atoms with Crippen LogP contribution in [0.25, 0.3) is 0 Å². The van der Waals surface area contributed by atoms with Gasteiger partial charge in [-0.25, -0.2) is 0 Å². The van der Waals surface area contributed by atoms with Crippen LogP contribution < -0.4 is 15.8 Å². The third-order valence-electron chi connectivity index (χ3n) is 3.10. The molecule has 0 saturated heterocycles. The summed E-state index contributed by atoms with van der Waals surface area (Å²) in [4.78, 5) is 11.2. The minimum absolute atomic E-state index is 0.0388. The molecule has 8 heteroatoms. The van der Waals surface area contributed by atoms with Crippen molar-refractivity contribution < 1.29 is 18.3 Å². The van der Waals surface area contributed by atoms with Crippen molar-refractivity contribution in [2.24, 2.45) is 0 Å². The van der Waals surface area contributed by atoms with Crippen LogP contribution in [0.15, 0.2) is 30.3 Å². The lowest BCUT2D eigenvalue weighted by Crippen LogP contribution is -2.23. The lowest BCUT2D eigenvalue weighted by molar-refractivity contribution is -0.139. The molecule has 0 spiro atoms. The van der Waals surface area contributed by atoms with Crippen molar-refractivity contribution in [1.82, 2.24) is 0 Å². The molecular weight excluding hydrogens is 337 g/mol. The Balaban J connectivity index is 2.00. The number of hydrogen-bond donors (Lipinski definition) is 2. The number of nitrogen functional groups attached to an aromatic ring is 1. The van der Waals surface area contributed by atoms with Crippen LogP contribution in [-0.2, 0) is 10.7 Å². The molecular formula is C14H8Cl2F2N2O2. The van der Waals surface area contributed by atoms with Crippen molar-refractivity contribution in [3.05, 3.63) is 45.9 Å². The fourth-order valence-corrected chi connectivity index (χ4v) is 2.65. The number of amides is 1. The molecule has 0 bridgehead atoms. The first-order chi connectivity index (χ1) is 10.3. The normalized spacial score (nSPS) is 15.4. The van der Waals surface area contributed by atoms with Gasteiger partial charge in [-0.15, -0.1) is 0 Å². The van der Waals surface area contributed by atoms with Gasteiger partial charge in [0.15, 0.2) is 5.75 Å². The highest BCUT2D eigenvalue weighted by Crippen LogP contribution is 2.44. The summed E-state index contributed by atoms with van der Waals surface area (Å²) in [5.74, 6) is -4.81. The van der Waals surface area contributed by atoms with Gasteiger partial charge in [0.25, 0.3) is 5.91 Å². The maximum absolute atomic E-state index is 13.7. The van der Waals surface area contributed by atoms with Gasteiger partial charge in [-0.3, -0.25) is 4.79 Å². The minimum atomic E-state index is -3.61. The van der Waals surface area contributed by atoms with Crippen molar-refractivity contribution in [3.63, 3.8) is 0 Å². The van der Waals surface area contributed by atoms with Crippen LogP contribution in [0.4, 0.5) is 20.2 Å². The summed E-state index contributed by atoms with van der Waals surface area (Å²) in [6.07, 6.45) is 0. The zero-order valence-corrected chi connectivity index (χ0v) is 12.3. The Morgan fingerprint density at radius 2 is 1.77 bits per heavy atom. The monoisotopic (exact) mass is 344 g/mol. The average Bonchev–Trinajstić information content (AvgIpc) is 2.65. The molecule has 0 fully saturated rings. The molecule has 0 radical (unpaired) electrons. The summed E-state index contributed by atoms with van der Waals surface area (Å²) in [6, 6.07) is 6.66. The summed E-state index contributed by atoms with van der Waals surface area (Å²) in [5.41, 5.74) is 5.50. The molecule has 114 valence electrons. The minimum Gasteiger partial charge on any atom is -0.454 e. The number of hydrogen-bond acceptors (Lipinski definition) is 3. The van der Waals surface area contributed by atoms with E-state index < -0.39 is 17.4 Å². The summed E-state index contributed by atoms with van der Waals surface area (Å²) >= 11 is 12.0. The molecule has 1 amide bonds. The van der Waals surface area contributed by atoms with Gasteiger partial charge >= 0.3 is 5.92 Å². The van der Waals surface area contributed by atoms with Crippen molar-refractivity contribution >= 4 is 40.5 Å². The standard InChI is InChI=1S/C14H8Cl2F2N2O2/c15-9-3-6(19)4-10(16)12(9)22-7-1-2-11-8(5-7)14(17,18)13(21)20-11/h1-5H,19H2,(H,20,21). The Morgan fingerprint density at radius 1 is 1.14 bits per heavy atom. The average molecular weight is 345 g/mol. The van der Waals surface area contributed by atoms with Gasteiger partial charge < -0.3 is 15.8 Å². The Bertz CT molecular complexity index is 773. The van der Waals surface area contributed by atoms with Gasteiger partial charge in [-0.1, -0.05) is 23.2 Å². The molecule has 3 rings (SSSR count). The lowest BCUT2D eigenvalue weighted by Gasteiger charge is -2.12. The molecule has 0 unspecified atom stereocenters. The van der Waals surface area contributed by atoms with E-state index in [0.29, 0.717) is 5.69 Å². The van der Waals surface area contributed by atoms with Crippen LogP contribution in [0.5, 0.6) is 11.5 Å². The summed E-state index contributed by atoms with van der Waals surface area (Å²) < 4.78 is 32.9. The van der Waals surface area contributed by atoms with Gasteiger partial charge in [0.05, 0.1) is 21.3 Å². The Labute approximate surface area is 133 Å². The molecule has 2 aromatic carbocycles. The Hall–Kier alpha value is -2.05. The highest BCUT2D eigenvalue weighted by Gasteiger charge is 2.48. The van der Waals surface area contributed by atoms with Crippen LogP contribution in [0, 0.1) is 0 Å². The molecule has 3 N–H and O–H groups in total. The summed E-state index contributed by atoms with van der Waals surface area (Å²) in [5, 5.41) is 2.39. The number of alkyl halides is 2. The third kappa shape index (κ3) is 2.34. The van der Waals surface area contributed by atoms with E-state index in [-0.39, 0.29) is 27.2 Å². The van der Waals surface area contributed by atoms with E-state index in [1.165, 1.54) is 24.3 Å². The zero-order valence-electron chi connectivity index (χ0n) is 10.8. The number of halogens is 4. The summed E-state index contributed by atoms with van der Waals surface area (Å²) in [6.45, 7) is 0. The molecule has 0 aliphatic carbocycles. The first-order valence-electron chi connectivity index (χ1n) is 6.05. The molecule has 4 nitrogen and oxygen atoms in total. The van der Waals surface area contributed by atoms with Gasteiger partial charge in [0.1, 0.15) is 5.75 Å². The van der Waals surface area contributed by atoms with Gasteiger partial charge in [0.2, 0.25) is 0 Å². The van der Waals surface area contributed by atoms with Crippen molar-refractivity contribution in [2.75, 3.05) is 11.1 Å². The van der Waals surface area contributed by atoms with E-state index >= 15 is 0 Å². The van der Waals surface area contributed by atoms with E-state index in [2.05, 4.69) is 5.32 Å². The number of carbonyl (C=O) groups is 1. The second-order valence-corrected chi connectivity index (χ2v) is 5.47. The molecule has 1 heterocycles. The molecule has 1 aliphatic rings. The maximum Gasteiger partial charge on any atom is 0.352 e. The second kappa shape index (κ2) is 5.00. The molecule has 2 aromatic rings. The smallest absolute Gasteiger partial charge is 0.352 e. The van der Waals surface area contributed by atoms with Crippen LogP contribution in [0.2, 0.25) is 10.0 Å². The number of anilines is 2. The fourth-order valence-electron chi connectivity index (χ4n) is 2.07. The van der Waals surface area contributed by atoms with Gasteiger partial charge in [-0.05, 0) is 30.3 Å². The maximum atomic E-state index is 13.7.